The van der Waals surface area contributed by atoms with Crippen LogP contribution in [0.5, 0.6) is 28.7 Å². The van der Waals surface area contributed by atoms with Gasteiger partial charge in [-0.25, -0.2) is 22.0 Å². The zero-order chi connectivity index (χ0) is 54.0. The molecule has 0 spiro atoms. The number of cyclic esters (lactones) is 2. The zero-order valence-corrected chi connectivity index (χ0v) is 40.8. The minimum atomic E-state index is -0.878. The Hall–Kier alpha value is -7.04. The molecule has 5 aliphatic rings. The molecule has 5 aromatic carbocycles. The van der Waals surface area contributed by atoms with Crippen LogP contribution < -0.4 is 18.9 Å². The Morgan fingerprint density at radius 1 is 0.547 bits per heavy atom. The van der Waals surface area contributed by atoms with E-state index in [1.54, 1.807) is 43.3 Å². The number of carbonyl (C=O) groups excluding carboxylic acids is 3. The highest BCUT2D eigenvalue weighted by atomic mass is 19.1. The molecule has 5 heterocycles. The van der Waals surface area contributed by atoms with E-state index in [-0.39, 0.29) is 91.5 Å². The molecule has 406 valence electrons. The number of hydrogen-bond donors (Lipinski definition) is 3. The molecule has 0 amide bonds. The maximum atomic E-state index is 12.7. The Labute approximate surface area is 429 Å². The van der Waals surface area contributed by atoms with E-state index in [1.165, 1.54) is 84.9 Å². The molecular weight excluding hydrogens is 1000 g/mol. The Kier molecular flexibility index (Phi) is 24.8. The van der Waals surface area contributed by atoms with Gasteiger partial charge in [-0.1, -0.05) is 0 Å². The first-order valence-corrected chi connectivity index (χ1v) is 23.9. The zero-order valence-electron chi connectivity index (χ0n) is 40.8. The molecule has 0 bridgehead atoms. The number of aromatic hydroxyl groups is 1. The summed E-state index contributed by atoms with van der Waals surface area (Å²) in [5.41, 5.74) is 0. The van der Waals surface area contributed by atoms with Crippen LogP contribution in [0.25, 0.3) is 0 Å². The predicted molar refractivity (Wildman–Crippen MR) is 256 cm³/mol. The maximum Gasteiger partial charge on any atom is 0.320 e. The molecule has 3 unspecified atom stereocenters. The van der Waals surface area contributed by atoms with Crippen molar-refractivity contribution < 1.29 is 99.0 Å². The molecule has 3 N–H and O–H groups in total. The smallest absolute Gasteiger partial charge is 0.320 e. The van der Waals surface area contributed by atoms with Crippen molar-refractivity contribution in [1.29, 1.82) is 0 Å². The first-order chi connectivity index (χ1) is 36.1. The average molecular weight is 1060 g/mol. The fourth-order valence-electron chi connectivity index (χ4n) is 6.36. The number of benzene rings is 5. The molecule has 7 atom stereocenters. The van der Waals surface area contributed by atoms with E-state index in [0.717, 1.165) is 19.6 Å². The fraction of sp³-hybridized carbons (Fsp3) is 0.389. The van der Waals surface area contributed by atoms with Gasteiger partial charge in [-0.3, -0.25) is 14.4 Å². The van der Waals surface area contributed by atoms with E-state index < -0.39 is 30.3 Å². The van der Waals surface area contributed by atoms with Crippen molar-refractivity contribution in [2.75, 3.05) is 52.9 Å². The lowest BCUT2D eigenvalue weighted by atomic mass is 10.1. The molecule has 21 heteroatoms. The van der Waals surface area contributed by atoms with Crippen LogP contribution >= 0.6 is 0 Å². The third-order valence-corrected chi connectivity index (χ3v) is 10.5. The van der Waals surface area contributed by atoms with Crippen LogP contribution in [-0.4, -0.2) is 123 Å². The minimum Gasteiger partial charge on any atom is -0.508 e. The number of phenols is 1. The molecule has 75 heavy (non-hydrogen) atoms. The van der Waals surface area contributed by atoms with E-state index >= 15 is 0 Å². The van der Waals surface area contributed by atoms with Gasteiger partial charge >= 0.3 is 17.9 Å². The average Bonchev–Trinajstić information content (AvgIpc) is 4.32. The van der Waals surface area contributed by atoms with Crippen molar-refractivity contribution in [2.24, 2.45) is 5.92 Å². The van der Waals surface area contributed by atoms with Gasteiger partial charge in [0.25, 0.3) is 0 Å². The van der Waals surface area contributed by atoms with Gasteiger partial charge in [-0.05, 0) is 141 Å². The topological polar surface area (TPSA) is 211 Å². The van der Waals surface area contributed by atoms with E-state index in [9.17, 15) is 36.3 Å². The fourth-order valence-corrected chi connectivity index (χ4v) is 6.36. The van der Waals surface area contributed by atoms with Crippen molar-refractivity contribution in [3.8, 4) is 28.7 Å². The van der Waals surface area contributed by atoms with Gasteiger partial charge in [-0.2, -0.15) is 0 Å². The quantitative estimate of drug-likeness (QED) is 0.0300. The Balaban J connectivity index is 0.000000173. The number of hydrogen-bond acceptors (Lipinski definition) is 16. The van der Waals surface area contributed by atoms with E-state index in [4.69, 9.17) is 58.0 Å². The second-order valence-corrected chi connectivity index (χ2v) is 16.7. The number of aliphatic hydroxyl groups excluding tert-OH is 2. The first-order valence-electron chi connectivity index (χ1n) is 23.9. The molecule has 10 rings (SSSR count). The van der Waals surface area contributed by atoms with Crippen LogP contribution in [0.4, 0.5) is 22.0 Å². The standard InChI is InChI=1S/C14H15FO5.C11H13FO3.C11H11FO3.C9H9FO2.C6H5FO.C3H6O2/c1-2-18-13(16)12-7-11(20-14(12)17)8-19-10-5-3-9(15)4-6-10;2*12-8-1-3-9(4-2-8)14-7-10-5-6-11(13)15-10;10-7-1-3-8(4-2-7)11-5-9-6-12-9;7-5-1-3-6(8)4-2-5;4-1-3-2-5-3/h3-6,11-12H,2,7-8H2,1H3;1-4,10-11,13H,5-7H2;1-4,10H,5-7H2;1-4,9H,5-6H2;1-4,8H;3-4H,1-2H2/t;10-,11?;10-;9-;;3-/m.001.1/s1. The SMILES string of the molecule is CCOC(=O)C1CC(COc2ccc(F)cc2)OC1=O.Fc1ccc(OC[C@@H]2CO2)cc1.O=C1CC[C@@H](COc2ccc(F)cc2)O1.OC1CC[C@@H](COc2ccc(F)cc2)O1.OC[C@@H]1CO1.Oc1ccc(F)cc1. The van der Waals surface area contributed by atoms with Crippen LogP contribution in [0, 0.1) is 35.0 Å². The molecule has 0 aliphatic carbocycles. The van der Waals surface area contributed by atoms with Crippen LogP contribution in [-0.2, 0) is 42.8 Å². The second kappa shape index (κ2) is 31.6. The summed E-state index contributed by atoms with van der Waals surface area (Å²) in [6, 6.07) is 28.1. The van der Waals surface area contributed by atoms with Crippen LogP contribution in [0.1, 0.15) is 39.0 Å². The lowest BCUT2D eigenvalue weighted by Gasteiger charge is -2.11. The summed E-state index contributed by atoms with van der Waals surface area (Å²) >= 11 is 0. The summed E-state index contributed by atoms with van der Waals surface area (Å²) < 4.78 is 113. The van der Waals surface area contributed by atoms with E-state index in [1.807, 2.05) is 0 Å². The maximum absolute atomic E-state index is 12.7. The van der Waals surface area contributed by atoms with Crippen molar-refractivity contribution in [1.82, 2.24) is 0 Å². The van der Waals surface area contributed by atoms with Gasteiger partial charge in [0.2, 0.25) is 0 Å². The van der Waals surface area contributed by atoms with Crippen molar-refractivity contribution in [3.63, 3.8) is 0 Å². The van der Waals surface area contributed by atoms with Crippen molar-refractivity contribution in [2.45, 2.75) is 75.8 Å². The van der Waals surface area contributed by atoms with E-state index in [2.05, 4.69) is 4.74 Å². The second-order valence-electron chi connectivity index (χ2n) is 16.7. The van der Waals surface area contributed by atoms with Gasteiger partial charge in [-0.15, -0.1) is 0 Å². The monoisotopic (exact) mass is 1060 g/mol. The molecular formula is C54H59F5O16. The number of epoxide rings is 2. The lowest BCUT2D eigenvalue weighted by molar-refractivity contribution is -0.156. The van der Waals surface area contributed by atoms with Crippen LogP contribution in [0.15, 0.2) is 121 Å². The summed E-state index contributed by atoms with van der Waals surface area (Å²) in [4.78, 5) is 33.8. The summed E-state index contributed by atoms with van der Waals surface area (Å²) in [5, 5.41) is 25.8. The number of aliphatic hydroxyl groups is 2. The highest BCUT2D eigenvalue weighted by molar-refractivity contribution is 5.96. The van der Waals surface area contributed by atoms with Gasteiger partial charge in [0.15, 0.2) is 12.2 Å². The van der Waals surface area contributed by atoms with Crippen molar-refractivity contribution >= 4 is 17.9 Å². The normalized spacial score (nSPS) is 21.4. The number of ether oxygens (including phenoxy) is 10. The summed E-state index contributed by atoms with van der Waals surface area (Å²) in [5.74, 6) is -1.28. The largest absolute Gasteiger partial charge is 0.508 e. The minimum absolute atomic E-state index is 0.0648. The predicted octanol–water partition coefficient (Wildman–Crippen LogP) is 7.82. The number of phenolic OH excluding ortho intramolecular Hbond substituents is 1. The van der Waals surface area contributed by atoms with Gasteiger partial charge < -0.3 is 62.7 Å². The molecule has 5 aromatic rings. The Morgan fingerprint density at radius 3 is 1.28 bits per heavy atom. The molecule has 0 saturated carbocycles. The lowest BCUT2D eigenvalue weighted by Crippen LogP contribution is -2.21. The molecule has 0 radical (unpaired) electrons. The Bertz CT molecular complexity index is 2410. The van der Waals surface area contributed by atoms with Gasteiger partial charge in [0, 0.05) is 19.3 Å². The number of halogens is 5. The highest BCUT2D eigenvalue weighted by Crippen LogP contribution is 2.25. The van der Waals surface area contributed by atoms with Crippen molar-refractivity contribution in [3.05, 3.63) is 150 Å². The molecule has 16 nitrogen and oxygen atoms in total. The number of esters is 3. The summed E-state index contributed by atoms with van der Waals surface area (Å²) in [7, 11) is 0. The third-order valence-electron chi connectivity index (χ3n) is 10.5. The number of carbonyl (C=O) groups is 3. The van der Waals surface area contributed by atoms with E-state index in [0.29, 0.717) is 62.1 Å². The molecule has 5 saturated heterocycles. The molecule has 5 fully saturated rings. The van der Waals surface area contributed by atoms with Crippen LogP contribution in [0.3, 0.4) is 0 Å². The summed E-state index contributed by atoms with van der Waals surface area (Å²) in [6.07, 6.45) is 1.88. The highest BCUT2D eigenvalue weighted by Gasteiger charge is 2.41. The van der Waals surface area contributed by atoms with Gasteiger partial charge in [0.05, 0.1) is 32.5 Å². The molecule has 0 aromatic heterocycles. The third kappa shape index (κ3) is 24.2. The summed E-state index contributed by atoms with van der Waals surface area (Å²) in [6.45, 7) is 5.03. The van der Waals surface area contributed by atoms with Gasteiger partial charge in [0.1, 0.15) is 109 Å². The Morgan fingerprint density at radius 2 is 0.947 bits per heavy atom. The number of rotatable bonds is 15. The van der Waals surface area contributed by atoms with Crippen LogP contribution in [0.2, 0.25) is 0 Å². The first kappa shape index (κ1) is 58.8. The molecule has 5 aliphatic heterocycles.